The van der Waals surface area contributed by atoms with Crippen LogP contribution in [-0.4, -0.2) is 42.0 Å². The lowest BCUT2D eigenvalue weighted by molar-refractivity contribution is -0.155. The van der Waals surface area contributed by atoms with E-state index in [4.69, 9.17) is 10.8 Å². The molecule has 5 nitrogen and oxygen atoms in total. The summed E-state index contributed by atoms with van der Waals surface area (Å²) in [5.41, 5.74) is 5.08. The van der Waals surface area contributed by atoms with Crippen LogP contribution in [0.5, 0.6) is 0 Å². The van der Waals surface area contributed by atoms with Crippen LogP contribution in [0.2, 0.25) is 0 Å². The lowest BCUT2D eigenvalue weighted by atomic mass is 10.5. The lowest BCUT2D eigenvalue weighted by Gasteiger charge is -2.11. The molecule has 0 saturated carbocycles. The molecule has 0 saturated heterocycles. The van der Waals surface area contributed by atoms with Gasteiger partial charge in [0.05, 0.1) is 0 Å². The van der Waals surface area contributed by atoms with Gasteiger partial charge in [0, 0.05) is 20.1 Å². The molecule has 0 bridgehead atoms. The maximum atomic E-state index is 10.5. The predicted octanol–water partition coefficient (Wildman–Crippen LogP) is -1.51. The second kappa shape index (κ2) is 3.84. The monoisotopic (exact) mass is 146 g/mol. The molecule has 0 aromatic heterocycles. The van der Waals surface area contributed by atoms with Crippen molar-refractivity contribution in [2.24, 2.45) is 5.73 Å². The summed E-state index contributed by atoms with van der Waals surface area (Å²) in [5, 5.41) is 8.15. The van der Waals surface area contributed by atoms with Crippen molar-refractivity contribution in [3.05, 3.63) is 0 Å². The van der Waals surface area contributed by atoms with Crippen LogP contribution in [0.4, 0.5) is 0 Å². The van der Waals surface area contributed by atoms with Crippen molar-refractivity contribution in [3.8, 4) is 0 Å². The highest BCUT2D eigenvalue weighted by Crippen LogP contribution is 1.81. The zero-order valence-electron chi connectivity index (χ0n) is 5.70. The standard InChI is InChI=1S/C5H10N2O3/c1-7(3-2-6)4(8)5(9)10/h2-3,6H2,1H3,(H,9,10). The summed E-state index contributed by atoms with van der Waals surface area (Å²) in [6.45, 7) is 0.542. The summed E-state index contributed by atoms with van der Waals surface area (Å²) in [5.74, 6) is -2.37. The van der Waals surface area contributed by atoms with Crippen molar-refractivity contribution in [2.45, 2.75) is 0 Å². The first-order valence-corrected chi connectivity index (χ1v) is 2.78. The van der Waals surface area contributed by atoms with Crippen molar-refractivity contribution >= 4 is 11.9 Å². The van der Waals surface area contributed by atoms with Gasteiger partial charge in [0.1, 0.15) is 0 Å². The number of nitrogens with zero attached hydrogens (tertiary/aromatic N) is 1. The Labute approximate surface area is 58.4 Å². The van der Waals surface area contributed by atoms with E-state index in [1.807, 2.05) is 0 Å². The highest BCUT2D eigenvalue weighted by atomic mass is 16.4. The number of amides is 1. The molecule has 1 amide bonds. The van der Waals surface area contributed by atoms with Gasteiger partial charge >= 0.3 is 11.9 Å². The minimum Gasteiger partial charge on any atom is -0.474 e. The van der Waals surface area contributed by atoms with Gasteiger partial charge in [-0.1, -0.05) is 0 Å². The van der Waals surface area contributed by atoms with Crippen LogP contribution in [0.1, 0.15) is 0 Å². The number of carbonyl (C=O) groups excluding carboxylic acids is 1. The number of likely N-dealkylation sites (N-methyl/N-ethyl adjacent to an activating group) is 1. The van der Waals surface area contributed by atoms with Crippen LogP contribution < -0.4 is 5.73 Å². The Morgan fingerprint density at radius 1 is 1.60 bits per heavy atom. The molecule has 0 aliphatic rings. The van der Waals surface area contributed by atoms with E-state index in [9.17, 15) is 9.59 Å². The highest BCUT2D eigenvalue weighted by Gasteiger charge is 2.15. The first kappa shape index (κ1) is 8.90. The van der Waals surface area contributed by atoms with E-state index in [2.05, 4.69) is 0 Å². The van der Waals surface area contributed by atoms with Gasteiger partial charge < -0.3 is 15.7 Å². The Balaban J connectivity index is 3.82. The summed E-state index contributed by atoms with van der Waals surface area (Å²) in [6, 6.07) is 0. The molecule has 0 aliphatic heterocycles. The fourth-order valence-corrected chi connectivity index (χ4v) is 0.458. The van der Waals surface area contributed by atoms with Gasteiger partial charge in [-0.25, -0.2) is 4.79 Å². The molecule has 0 spiro atoms. The van der Waals surface area contributed by atoms with E-state index < -0.39 is 11.9 Å². The van der Waals surface area contributed by atoms with Gasteiger partial charge in [-0.3, -0.25) is 4.79 Å². The third-order valence-electron chi connectivity index (χ3n) is 0.994. The van der Waals surface area contributed by atoms with Gasteiger partial charge in [-0.05, 0) is 0 Å². The quantitative estimate of drug-likeness (QED) is 0.464. The number of rotatable bonds is 2. The third kappa shape index (κ3) is 2.45. The van der Waals surface area contributed by atoms with Crippen LogP contribution >= 0.6 is 0 Å². The second-order valence-corrected chi connectivity index (χ2v) is 1.82. The summed E-state index contributed by atoms with van der Waals surface area (Å²) >= 11 is 0. The average molecular weight is 146 g/mol. The number of nitrogens with two attached hydrogens (primary N) is 1. The van der Waals surface area contributed by atoms with Crippen molar-refractivity contribution in [1.82, 2.24) is 4.90 Å². The van der Waals surface area contributed by atoms with Crippen LogP contribution in [0.3, 0.4) is 0 Å². The fraction of sp³-hybridized carbons (Fsp3) is 0.600. The minimum atomic E-state index is -1.45. The second-order valence-electron chi connectivity index (χ2n) is 1.82. The zero-order valence-corrected chi connectivity index (χ0v) is 5.70. The van der Waals surface area contributed by atoms with Crippen molar-refractivity contribution < 1.29 is 14.7 Å². The van der Waals surface area contributed by atoms with E-state index in [0.29, 0.717) is 0 Å². The number of hydrogen-bond donors (Lipinski definition) is 2. The van der Waals surface area contributed by atoms with Gasteiger partial charge in [0.2, 0.25) is 0 Å². The van der Waals surface area contributed by atoms with E-state index in [1.165, 1.54) is 7.05 Å². The molecule has 0 atom stereocenters. The molecule has 0 rings (SSSR count). The molecule has 0 aliphatic carbocycles. The van der Waals surface area contributed by atoms with E-state index >= 15 is 0 Å². The summed E-state index contributed by atoms with van der Waals surface area (Å²) in [4.78, 5) is 21.5. The molecule has 0 radical (unpaired) electrons. The molecule has 10 heavy (non-hydrogen) atoms. The van der Waals surface area contributed by atoms with Gasteiger partial charge in [-0.15, -0.1) is 0 Å². The van der Waals surface area contributed by atoms with Crippen LogP contribution in [-0.2, 0) is 9.59 Å². The van der Waals surface area contributed by atoms with Gasteiger partial charge in [-0.2, -0.15) is 0 Å². The lowest BCUT2D eigenvalue weighted by Crippen LogP contribution is -2.36. The van der Waals surface area contributed by atoms with Crippen LogP contribution in [0.15, 0.2) is 0 Å². The molecule has 58 valence electrons. The van der Waals surface area contributed by atoms with E-state index in [-0.39, 0.29) is 13.1 Å². The maximum absolute atomic E-state index is 10.5. The Hall–Kier alpha value is -1.10. The molecule has 0 heterocycles. The summed E-state index contributed by atoms with van der Waals surface area (Å²) in [6.07, 6.45) is 0. The van der Waals surface area contributed by atoms with Gasteiger partial charge in [0.25, 0.3) is 0 Å². The Morgan fingerprint density at radius 3 is 2.40 bits per heavy atom. The van der Waals surface area contributed by atoms with Crippen molar-refractivity contribution in [3.63, 3.8) is 0 Å². The summed E-state index contributed by atoms with van der Waals surface area (Å²) < 4.78 is 0. The molecule has 0 aromatic rings. The predicted molar refractivity (Wildman–Crippen MR) is 34.3 cm³/mol. The smallest absolute Gasteiger partial charge is 0.394 e. The number of aliphatic carboxylic acids is 1. The van der Waals surface area contributed by atoms with Crippen molar-refractivity contribution in [2.75, 3.05) is 20.1 Å². The number of hydrogen-bond acceptors (Lipinski definition) is 3. The van der Waals surface area contributed by atoms with Gasteiger partial charge in [0.15, 0.2) is 0 Å². The van der Waals surface area contributed by atoms with E-state index in [0.717, 1.165) is 4.90 Å². The van der Waals surface area contributed by atoms with Crippen LogP contribution in [0.25, 0.3) is 0 Å². The third-order valence-corrected chi connectivity index (χ3v) is 0.994. The topological polar surface area (TPSA) is 83.6 Å². The first-order valence-electron chi connectivity index (χ1n) is 2.78. The minimum absolute atomic E-state index is 0.269. The maximum Gasteiger partial charge on any atom is 0.394 e. The molecule has 0 fully saturated rings. The summed E-state index contributed by atoms with van der Waals surface area (Å²) in [7, 11) is 1.39. The SMILES string of the molecule is CN(CCN)C(=O)C(=O)O. The molecule has 0 unspecified atom stereocenters. The zero-order chi connectivity index (χ0) is 8.15. The molecular weight excluding hydrogens is 136 g/mol. The largest absolute Gasteiger partial charge is 0.474 e. The van der Waals surface area contributed by atoms with E-state index in [1.54, 1.807) is 0 Å². The first-order chi connectivity index (χ1) is 4.59. The van der Waals surface area contributed by atoms with Crippen LogP contribution in [0, 0.1) is 0 Å². The number of carboxylic acid groups (broad SMARTS) is 1. The molecular formula is C5H10N2O3. The highest BCUT2D eigenvalue weighted by molar-refractivity contribution is 6.31. The average Bonchev–Trinajstić information content (AvgIpc) is 1.87. The Morgan fingerprint density at radius 2 is 2.10 bits per heavy atom. The van der Waals surface area contributed by atoms with Crippen molar-refractivity contribution in [1.29, 1.82) is 0 Å². The number of carboxylic acids is 1. The Kier molecular flexibility index (Phi) is 3.42. The molecule has 0 aromatic carbocycles. The molecule has 5 heteroatoms. The molecule has 3 N–H and O–H groups in total. The normalized spacial score (nSPS) is 9.00. The Bertz CT molecular complexity index is 146. The fourth-order valence-electron chi connectivity index (χ4n) is 0.458. The number of carbonyl (C=O) groups is 2.